The highest BCUT2D eigenvalue weighted by Gasteiger charge is 2.17. The Morgan fingerprint density at radius 3 is 2.85 bits per heavy atom. The molecule has 0 heterocycles. The van der Waals surface area contributed by atoms with Crippen LogP contribution in [0.2, 0.25) is 10.0 Å². The van der Waals surface area contributed by atoms with E-state index < -0.39 is 0 Å². The summed E-state index contributed by atoms with van der Waals surface area (Å²) in [6.45, 7) is 5.91. The molecule has 1 aromatic rings. The highest BCUT2D eigenvalue weighted by molar-refractivity contribution is 6.42. The van der Waals surface area contributed by atoms with Crippen LogP contribution in [0.5, 0.6) is 0 Å². The Morgan fingerprint density at radius 2 is 2.25 bits per heavy atom. The Morgan fingerprint density at radius 1 is 1.55 bits per heavy atom. The number of aliphatic hydroxyl groups excluding tert-OH is 1. The van der Waals surface area contributed by atoms with Gasteiger partial charge in [-0.3, -0.25) is 0 Å². The fourth-order valence-corrected chi connectivity index (χ4v) is 2.23. The van der Waals surface area contributed by atoms with E-state index in [2.05, 4.69) is 11.9 Å². The molecule has 2 amide bonds. The molecule has 6 heteroatoms. The van der Waals surface area contributed by atoms with Crippen LogP contribution in [0.1, 0.15) is 18.5 Å². The highest BCUT2D eigenvalue weighted by Crippen LogP contribution is 2.29. The molecular weight excluding hydrogens is 299 g/mol. The van der Waals surface area contributed by atoms with Crippen LogP contribution in [0, 0.1) is 0 Å². The van der Waals surface area contributed by atoms with Crippen LogP contribution < -0.4 is 5.32 Å². The molecule has 0 saturated heterocycles. The van der Waals surface area contributed by atoms with E-state index >= 15 is 0 Å². The summed E-state index contributed by atoms with van der Waals surface area (Å²) < 4.78 is 0. The first-order valence-corrected chi connectivity index (χ1v) is 6.98. The van der Waals surface area contributed by atoms with Crippen molar-refractivity contribution in [2.75, 3.05) is 19.7 Å². The molecule has 0 spiro atoms. The number of aliphatic hydroxyl groups is 1. The van der Waals surface area contributed by atoms with Crippen LogP contribution in [-0.2, 0) is 0 Å². The van der Waals surface area contributed by atoms with Crippen molar-refractivity contribution in [3.8, 4) is 0 Å². The first-order chi connectivity index (χ1) is 9.51. The van der Waals surface area contributed by atoms with Gasteiger partial charge in [0.25, 0.3) is 0 Å². The Balaban J connectivity index is 2.78. The van der Waals surface area contributed by atoms with E-state index in [0.717, 1.165) is 5.56 Å². The first kappa shape index (κ1) is 16.8. The molecule has 0 fully saturated rings. The lowest BCUT2D eigenvalue weighted by Gasteiger charge is -2.24. The summed E-state index contributed by atoms with van der Waals surface area (Å²) in [5, 5.41) is 12.6. The van der Waals surface area contributed by atoms with Crippen molar-refractivity contribution in [2.24, 2.45) is 0 Å². The summed E-state index contributed by atoms with van der Waals surface area (Å²) in [5.74, 6) is 0. The number of halogens is 2. The Hall–Kier alpha value is -1.23. The largest absolute Gasteiger partial charge is 0.395 e. The molecule has 0 aliphatic carbocycles. The number of rotatable bonds is 6. The number of hydrogen-bond donors (Lipinski definition) is 2. The fraction of sp³-hybridized carbons (Fsp3) is 0.357. The topological polar surface area (TPSA) is 52.6 Å². The molecule has 1 unspecified atom stereocenters. The van der Waals surface area contributed by atoms with Crippen molar-refractivity contribution < 1.29 is 9.90 Å². The summed E-state index contributed by atoms with van der Waals surface area (Å²) in [5.41, 5.74) is 0.745. The van der Waals surface area contributed by atoms with E-state index in [0.29, 0.717) is 16.6 Å². The third-order valence-electron chi connectivity index (χ3n) is 2.79. The minimum Gasteiger partial charge on any atom is -0.395 e. The minimum absolute atomic E-state index is 0.104. The van der Waals surface area contributed by atoms with Crippen molar-refractivity contribution in [3.05, 3.63) is 46.5 Å². The van der Waals surface area contributed by atoms with Gasteiger partial charge in [0.1, 0.15) is 0 Å². The van der Waals surface area contributed by atoms with Crippen LogP contribution in [0.4, 0.5) is 4.79 Å². The molecule has 0 radical (unpaired) electrons. The van der Waals surface area contributed by atoms with Gasteiger partial charge in [0.15, 0.2) is 0 Å². The van der Waals surface area contributed by atoms with E-state index in [-0.39, 0.29) is 25.2 Å². The van der Waals surface area contributed by atoms with E-state index in [1.165, 1.54) is 4.90 Å². The predicted octanol–water partition coefficient (Wildman–Crippen LogP) is 3.24. The molecule has 2 N–H and O–H groups in total. The van der Waals surface area contributed by atoms with Crippen LogP contribution in [0.25, 0.3) is 0 Å². The standard InChI is InChI=1S/C14H18Cl2N2O2/c1-3-7-18(8-9-19)14(20)17-10(2)11-5-4-6-12(15)13(11)16/h3-6,10,19H,1,7-9H2,2H3,(H,17,20). The second-order valence-corrected chi connectivity index (χ2v) is 5.06. The minimum atomic E-state index is -0.292. The molecule has 0 saturated carbocycles. The zero-order valence-corrected chi connectivity index (χ0v) is 12.8. The number of benzene rings is 1. The Bertz CT molecular complexity index is 480. The quantitative estimate of drug-likeness (QED) is 0.791. The molecule has 0 aliphatic heterocycles. The summed E-state index contributed by atoms with van der Waals surface area (Å²) in [6, 6.07) is 4.70. The number of carbonyl (C=O) groups is 1. The summed E-state index contributed by atoms with van der Waals surface area (Å²) in [4.78, 5) is 13.5. The maximum Gasteiger partial charge on any atom is 0.318 e. The fourth-order valence-electron chi connectivity index (χ4n) is 1.76. The number of nitrogens with one attached hydrogen (secondary N) is 1. The molecule has 1 rings (SSSR count). The van der Waals surface area contributed by atoms with Crippen molar-refractivity contribution in [3.63, 3.8) is 0 Å². The molecule has 4 nitrogen and oxygen atoms in total. The molecule has 0 aliphatic rings. The summed E-state index contributed by atoms with van der Waals surface area (Å²) >= 11 is 12.1. The second-order valence-electron chi connectivity index (χ2n) is 4.27. The van der Waals surface area contributed by atoms with Crippen molar-refractivity contribution >= 4 is 29.2 Å². The molecule has 1 atom stereocenters. The van der Waals surface area contributed by atoms with Crippen LogP contribution in [-0.4, -0.2) is 35.7 Å². The van der Waals surface area contributed by atoms with Gasteiger partial charge in [-0.2, -0.15) is 0 Å². The third kappa shape index (κ3) is 4.40. The Labute approximate surface area is 129 Å². The molecule has 0 aromatic heterocycles. The first-order valence-electron chi connectivity index (χ1n) is 6.22. The van der Waals surface area contributed by atoms with Gasteiger partial charge in [-0.15, -0.1) is 6.58 Å². The number of urea groups is 1. The lowest BCUT2D eigenvalue weighted by atomic mass is 10.1. The number of amides is 2. The van der Waals surface area contributed by atoms with Crippen LogP contribution in [0.3, 0.4) is 0 Å². The van der Waals surface area contributed by atoms with Gasteiger partial charge in [0.05, 0.1) is 22.7 Å². The van der Waals surface area contributed by atoms with Gasteiger partial charge in [-0.1, -0.05) is 41.4 Å². The second kappa shape index (κ2) is 8.15. The van der Waals surface area contributed by atoms with E-state index in [1.54, 1.807) is 18.2 Å². The third-order valence-corrected chi connectivity index (χ3v) is 3.63. The maximum atomic E-state index is 12.1. The van der Waals surface area contributed by atoms with Crippen molar-refractivity contribution in [1.82, 2.24) is 10.2 Å². The monoisotopic (exact) mass is 316 g/mol. The van der Waals surface area contributed by atoms with Gasteiger partial charge in [-0.25, -0.2) is 4.79 Å². The summed E-state index contributed by atoms with van der Waals surface area (Å²) in [6.07, 6.45) is 1.60. The lowest BCUT2D eigenvalue weighted by molar-refractivity contribution is 0.181. The van der Waals surface area contributed by atoms with Crippen molar-refractivity contribution in [1.29, 1.82) is 0 Å². The predicted molar refractivity (Wildman–Crippen MR) is 82.3 cm³/mol. The number of nitrogens with zero attached hydrogens (tertiary/aromatic N) is 1. The van der Waals surface area contributed by atoms with Gasteiger partial charge >= 0.3 is 6.03 Å². The van der Waals surface area contributed by atoms with Crippen LogP contribution in [0.15, 0.2) is 30.9 Å². The van der Waals surface area contributed by atoms with E-state index in [4.69, 9.17) is 28.3 Å². The van der Waals surface area contributed by atoms with Gasteiger partial charge in [0, 0.05) is 13.1 Å². The molecule has 110 valence electrons. The van der Waals surface area contributed by atoms with E-state index in [1.807, 2.05) is 13.0 Å². The zero-order chi connectivity index (χ0) is 15.1. The molecular formula is C14H18Cl2N2O2. The van der Waals surface area contributed by atoms with E-state index in [9.17, 15) is 4.79 Å². The molecule has 1 aromatic carbocycles. The normalized spacial score (nSPS) is 11.8. The van der Waals surface area contributed by atoms with Gasteiger partial charge in [0.2, 0.25) is 0 Å². The lowest BCUT2D eigenvalue weighted by Crippen LogP contribution is -2.42. The molecule has 20 heavy (non-hydrogen) atoms. The van der Waals surface area contributed by atoms with Gasteiger partial charge < -0.3 is 15.3 Å². The molecule has 0 bridgehead atoms. The SMILES string of the molecule is C=CCN(CCO)C(=O)NC(C)c1cccc(Cl)c1Cl. The summed E-state index contributed by atoms with van der Waals surface area (Å²) in [7, 11) is 0. The number of carbonyl (C=O) groups excluding carboxylic acids is 1. The number of hydrogen-bond acceptors (Lipinski definition) is 2. The Kier molecular flexibility index (Phi) is 6.85. The van der Waals surface area contributed by atoms with Gasteiger partial charge in [-0.05, 0) is 18.6 Å². The highest BCUT2D eigenvalue weighted by atomic mass is 35.5. The smallest absolute Gasteiger partial charge is 0.318 e. The van der Waals surface area contributed by atoms with Crippen LogP contribution >= 0.6 is 23.2 Å². The average Bonchev–Trinajstić information content (AvgIpc) is 2.41. The van der Waals surface area contributed by atoms with Crippen molar-refractivity contribution in [2.45, 2.75) is 13.0 Å². The average molecular weight is 317 g/mol. The zero-order valence-electron chi connectivity index (χ0n) is 11.3. The maximum absolute atomic E-state index is 12.1.